The molecule has 0 aromatic heterocycles. The lowest BCUT2D eigenvalue weighted by molar-refractivity contribution is -0.124. The average Bonchev–Trinajstić information content (AvgIpc) is 3.20. The van der Waals surface area contributed by atoms with Gasteiger partial charge < -0.3 is 4.74 Å². The van der Waals surface area contributed by atoms with E-state index in [1.54, 1.807) is 0 Å². The molecule has 1 saturated carbocycles. The number of ketones is 1. The van der Waals surface area contributed by atoms with Gasteiger partial charge in [-0.1, -0.05) is 0 Å². The summed E-state index contributed by atoms with van der Waals surface area (Å²) >= 11 is 2.05. The number of carbonyl (C=O) groups is 1. The van der Waals surface area contributed by atoms with Crippen molar-refractivity contribution in [3.8, 4) is 0 Å². The Morgan fingerprint density at radius 3 is 2.95 bits per heavy atom. The van der Waals surface area contributed by atoms with Gasteiger partial charge in [0.15, 0.2) is 0 Å². The zero-order valence-corrected chi connectivity index (χ0v) is 13.7. The molecule has 0 amide bonds. The molecule has 4 atom stereocenters. The summed E-state index contributed by atoms with van der Waals surface area (Å²) in [4.78, 5) is 14.9. The number of carbonyl (C=O) groups excluding carboxylic acids is 1. The first-order valence-corrected chi connectivity index (χ1v) is 9.93. The molecule has 0 N–H and O–H groups in total. The van der Waals surface area contributed by atoms with Crippen LogP contribution in [0.4, 0.5) is 0 Å². The van der Waals surface area contributed by atoms with Crippen LogP contribution in [0.2, 0.25) is 0 Å². The number of thioether (sulfide) groups is 1. The van der Waals surface area contributed by atoms with Crippen LogP contribution in [0.3, 0.4) is 0 Å². The second kappa shape index (κ2) is 5.86. The predicted octanol–water partition coefficient (Wildman–Crippen LogP) is 2.87. The van der Waals surface area contributed by atoms with Gasteiger partial charge in [-0.15, -0.1) is 0 Å². The Morgan fingerprint density at radius 2 is 2.19 bits per heavy atom. The first kappa shape index (κ1) is 14.5. The summed E-state index contributed by atoms with van der Waals surface area (Å²) in [5.74, 6) is 3.34. The average molecular weight is 309 g/mol. The van der Waals surface area contributed by atoms with Crippen molar-refractivity contribution >= 4 is 17.5 Å². The Kier molecular flexibility index (Phi) is 4.05. The summed E-state index contributed by atoms with van der Waals surface area (Å²) in [7, 11) is 0. The van der Waals surface area contributed by atoms with E-state index < -0.39 is 0 Å². The van der Waals surface area contributed by atoms with Gasteiger partial charge in [-0.05, 0) is 57.2 Å². The minimum Gasteiger partial charge on any atom is -0.374 e. The van der Waals surface area contributed by atoms with Crippen LogP contribution in [-0.4, -0.2) is 53.0 Å². The van der Waals surface area contributed by atoms with Gasteiger partial charge in [0.05, 0.1) is 5.60 Å². The van der Waals surface area contributed by atoms with E-state index in [9.17, 15) is 4.79 Å². The number of rotatable bonds is 2. The summed E-state index contributed by atoms with van der Waals surface area (Å²) in [5, 5.41) is 0. The monoisotopic (exact) mass is 309 g/mol. The molecule has 3 heterocycles. The number of hydrogen-bond acceptors (Lipinski definition) is 4. The fraction of sp³-hybridized carbons (Fsp3) is 0.941. The molecule has 4 rings (SSSR count). The van der Waals surface area contributed by atoms with Gasteiger partial charge in [-0.3, -0.25) is 9.69 Å². The highest BCUT2D eigenvalue weighted by Gasteiger charge is 2.46. The van der Waals surface area contributed by atoms with E-state index in [1.165, 1.54) is 50.2 Å². The molecule has 3 saturated heterocycles. The maximum Gasteiger partial charge on any atom is 0.137 e. The number of ether oxygens (including phenoxy) is 1. The van der Waals surface area contributed by atoms with Crippen molar-refractivity contribution in [3.63, 3.8) is 0 Å². The molecule has 0 aromatic rings. The number of hydrogen-bond donors (Lipinski definition) is 0. The molecule has 118 valence electrons. The molecule has 1 spiro atoms. The van der Waals surface area contributed by atoms with Crippen molar-refractivity contribution in [1.29, 1.82) is 0 Å². The Hall–Kier alpha value is -0.0600. The van der Waals surface area contributed by atoms with Gasteiger partial charge in [0.25, 0.3) is 0 Å². The van der Waals surface area contributed by atoms with Crippen LogP contribution < -0.4 is 0 Å². The molecule has 1 aliphatic carbocycles. The Bertz CT molecular complexity index is 408. The molecule has 0 bridgehead atoms. The van der Waals surface area contributed by atoms with Crippen LogP contribution in [0.5, 0.6) is 0 Å². The lowest BCUT2D eigenvalue weighted by Gasteiger charge is -2.44. The highest BCUT2D eigenvalue weighted by Crippen LogP contribution is 2.42. The highest BCUT2D eigenvalue weighted by molar-refractivity contribution is 7.99. The molecule has 21 heavy (non-hydrogen) atoms. The molecule has 3 aliphatic heterocycles. The van der Waals surface area contributed by atoms with Gasteiger partial charge in [0.2, 0.25) is 0 Å². The maximum atomic E-state index is 12.2. The normalized spacial score (nSPS) is 45.0. The van der Waals surface area contributed by atoms with E-state index in [-0.39, 0.29) is 5.60 Å². The molecule has 0 aromatic carbocycles. The number of Topliss-reactive ketones (excluding diaryl/α,β-unsaturated/α-hetero) is 1. The van der Waals surface area contributed by atoms with Gasteiger partial charge in [0.1, 0.15) is 5.78 Å². The van der Waals surface area contributed by atoms with Crippen molar-refractivity contribution in [2.24, 2.45) is 5.92 Å². The van der Waals surface area contributed by atoms with Crippen molar-refractivity contribution in [1.82, 2.24) is 4.90 Å². The number of nitrogens with zero attached hydrogens (tertiary/aromatic N) is 1. The quantitative estimate of drug-likeness (QED) is 0.784. The van der Waals surface area contributed by atoms with E-state index >= 15 is 0 Å². The Labute approximate surface area is 132 Å². The minimum absolute atomic E-state index is 0.167. The van der Waals surface area contributed by atoms with E-state index in [4.69, 9.17) is 4.74 Å². The standard InChI is InChI=1S/C17H27NO2S/c19-16-5-1-3-14(16)15-4-2-8-18(15)13-6-9-20-17(11-13)7-10-21-12-17/h13-15H,1-12H2. The van der Waals surface area contributed by atoms with Gasteiger partial charge in [-0.2, -0.15) is 11.8 Å². The van der Waals surface area contributed by atoms with Gasteiger partial charge in [0, 0.05) is 36.8 Å². The molecule has 4 aliphatic rings. The van der Waals surface area contributed by atoms with Crippen molar-refractivity contribution in [2.75, 3.05) is 24.7 Å². The number of likely N-dealkylation sites (tertiary alicyclic amines) is 1. The zero-order valence-electron chi connectivity index (χ0n) is 12.9. The first-order valence-electron chi connectivity index (χ1n) is 8.78. The van der Waals surface area contributed by atoms with Crippen molar-refractivity contribution in [2.45, 2.75) is 69.1 Å². The molecule has 4 fully saturated rings. The molecule has 3 nitrogen and oxygen atoms in total. The fourth-order valence-corrected chi connectivity index (χ4v) is 6.48. The maximum absolute atomic E-state index is 12.2. The van der Waals surface area contributed by atoms with E-state index in [1.807, 2.05) is 0 Å². The van der Waals surface area contributed by atoms with E-state index in [0.29, 0.717) is 23.8 Å². The lowest BCUT2D eigenvalue weighted by Crippen LogP contribution is -2.52. The lowest BCUT2D eigenvalue weighted by atomic mass is 9.87. The largest absolute Gasteiger partial charge is 0.374 e. The van der Waals surface area contributed by atoms with E-state index in [2.05, 4.69) is 16.7 Å². The second-order valence-electron chi connectivity index (χ2n) is 7.39. The molecule has 4 unspecified atom stereocenters. The third kappa shape index (κ3) is 2.68. The van der Waals surface area contributed by atoms with Crippen LogP contribution in [0, 0.1) is 5.92 Å². The summed E-state index contributed by atoms with van der Waals surface area (Å²) in [6.07, 6.45) is 9.25. The second-order valence-corrected chi connectivity index (χ2v) is 8.50. The van der Waals surface area contributed by atoms with Crippen LogP contribution in [0.25, 0.3) is 0 Å². The Morgan fingerprint density at radius 1 is 1.24 bits per heavy atom. The predicted molar refractivity (Wildman–Crippen MR) is 85.7 cm³/mol. The third-order valence-corrected chi connectivity index (χ3v) is 7.38. The van der Waals surface area contributed by atoms with Gasteiger partial charge in [-0.25, -0.2) is 0 Å². The highest BCUT2D eigenvalue weighted by atomic mass is 32.2. The summed E-state index contributed by atoms with van der Waals surface area (Å²) in [6, 6.07) is 1.22. The van der Waals surface area contributed by atoms with E-state index in [0.717, 1.165) is 25.9 Å². The molecule has 4 heteroatoms. The molecule has 0 radical (unpaired) electrons. The zero-order chi connectivity index (χ0) is 14.3. The van der Waals surface area contributed by atoms with Crippen molar-refractivity contribution < 1.29 is 9.53 Å². The van der Waals surface area contributed by atoms with Crippen molar-refractivity contribution in [3.05, 3.63) is 0 Å². The van der Waals surface area contributed by atoms with Gasteiger partial charge >= 0.3 is 0 Å². The third-order valence-electron chi connectivity index (χ3n) is 6.16. The van der Waals surface area contributed by atoms with Crippen LogP contribution in [0.1, 0.15) is 51.4 Å². The summed E-state index contributed by atoms with van der Waals surface area (Å²) in [6.45, 7) is 2.13. The summed E-state index contributed by atoms with van der Waals surface area (Å²) < 4.78 is 6.18. The van der Waals surface area contributed by atoms with Crippen LogP contribution >= 0.6 is 11.8 Å². The smallest absolute Gasteiger partial charge is 0.137 e. The van der Waals surface area contributed by atoms with Crippen LogP contribution in [0.15, 0.2) is 0 Å². The first-order chi connectivity index (χ1) is 10.3. The molecular formula is C17H27NO2S. The summed E-state index contributed by atoms with van der Waals surface area (Å²) in [5.41, 5.74) is 0.167. The minimum atomic E-state index is 0.167. The fourth-order valence-electron chi connectivity index (χ4n) is 5.10. The topological polar surface area (TPSA) is 29.5 Å². The molecular weight excluding hydrogens is 282 g/mol. The van der Waals surface area contributed by atoms with Crippen LogP contribution in [-0.2, 0) is 9.53 Å². The SMILES string of the molecule is O=C1CCCC1C1CCCN1C1CCOC2(CCSC2)C1. The Balaban J connectivity index is 1.48.